The second kappa shape index (κ2) is 6.14. The maximum atomic E-state index is 12.8. The van der Waals surface area contributed by atoms with E-state index in [0.717, 1.165) is 5.56 Å². The van der Waals surface area contributed by atoms with Crippen LogP contribution in [0.25, 0.3) is 0 Å². The summed E-state index contributed by atoms with van der Waals surface area (Å²) in [6.07, 6.45) is 1.04. The molecule has 5 nitrogen and oxygen atoms in total. The number of nitrogens with zero attached hydrogens (tertiary/aromatic N) is 1. The minimum Gasteiger partial charge on any atom is -0.330 e. The maximum absolute atomic E-state index is 12.8. The van der Waals surface area contributed by atoms with Crippen molar-refractivity contribution in [2.24, 2.45) is 5.41 Å². The molecule has 2 amide bonds. The Hall–Kier alpha value is -2.17. The predicted octanol–water partition coefficient (Wildman–Crippen LogP) is 2.99. The number of carbonyl (C=O) groups is 3. The van der Waals surface area contributed by atoms with Crippen molar-refractivity contribution in [2.45, 2.75) is 52.4 Å². The number of amides is 2. The van der Waals surface area contributed by atoms with Crippen LogP contribution in [0, 0.1) is 5.41 Å². The van der Waals surface area contributed by atoms with Crippen LogP contribution in [0.15, 0.2) is 30.3 Å². The first-order valence-electron chi connectivity index (χ1n) is 7.94. The fourth-order valence-corrected chi connectivity index (χ4v) is 2.62. The molecule has 124 valence electrons. The summed E-state index contributed by atoms with van der Waals surface area (Å²) in [6.45, 7) is 7.17. The van der Waals surface area contributed by atoms with Crippen molar-refractivity contribution >= 4 is 17.8 Å². The highest BCUT2D eigenvalue weighted by atomic mass is 16.7. The fraction of sp³-hybridized carbons (Fsp3) is 0.500. The largest absolute Gasteiger partial charge is 0.338 e. The SMILES string of the molecule is CCC(C)(C)C(=O)ON1C(=O)CC(CC)(c2ccccc2)C1=O. The Labute approximate surface area is 136 Å². The molecule has 0 N–H and O–H groups in total. The Kier molecular flexibility index (Phi) is 4.59. The number of hydrogen-bond donors (Lipinski definition) is 0. The van der Waals surface area contributed by atoms with E-state index in [0.29, 0.717) is 17.9 Å². The topological polar surface area (TPSA) is 63.7 Å². The van der Waals surface area contributed by atoms with Gasteiger partial charge < -0.3 is 4.84 Å². The van der Waals surface area contributed by atoms with Crippen LogP contribution in [0.4, 0.5) is 0 Å². The highest BCUT2D eigenvalue weighted by Crippen LogP contribution is 2.40. The Morgan fingerprint density at radius 2 is 1.83 bits per heavy atom. The third kappa shape index (κ3) is 2.87. The lowest BCUT2D eigenvalue weighted by Crippen LogP contribution is -2.41. The molecule has 1 atom stereocenters. The molecule has 0 spiro atoms. The molecule has 1 aliphatic rings. The highest BCUT2D eigenvalue weighted by molar-refractivity contribution is 6.08. The lowest BCUT2D eigenvalue weighted by molar-refractivity contribution is -0.205. The zero-order chi connectivity index (χ0) is 17.3. The molecule has 1 aliphatic heterocycles. The first kappa shape index (κ1) is 17.2. The zero-order valence-electron chi connectivity index (χ0n) is 14.1. The third-order valence-electron chi connectivity index (χ3n) is 4.81. The van der Waals surface area contributed by atoms with Gasteiger partial charge in [-0.3, -0.25) is 9.59 Å². The lowest BCUT2D eigenvalue weighted by atomic mass is 9.77. The Morgan fingerprint density at radius 1 is 1.22 bits per heavy atom. The van der Waals surface area contributed by atoms with Gasteiger partial charge in [-0.2, -0.15) is 0 Å². The predicted molar refractivity (Wildman–Crippen MR) is 85.0 cm³/mol. The maximum Gasteiger partial charge on any atom is 0.338 e. The van der Waals surface area contributed by atoms with Gasteiger partial charge in [0, 0.05) is 6.42 Å². The molecule has 1 aromatic carbocycles. The van der Waals surface area contributed by atoms with Gasteiger partial charge >= 0.3 is 5.97 Å². The van der Waals surface area contributed by atoms with Crippen LogP contribution in [0.3, 0.4) is 0 Å². The van der Waals surface area contributed by atoms with E-state index in [1.54, 1.807) is 13.8 Å². The van der Waals surface area contributed by atoms with Gasteiger partial charge in [-0.1, -0.05) is 44.2 Å². The quantitative estimate of drug-likeness (QED) is 0.783. The molecule has 1 heterocycles. The van der Waals surface area contributed by atoms with Crippen LogP contribution < -0.4 is 0 Å². The van der Waals surface area contributed by atoms with E-state index in [2.05, 4.69) is 0 Å². The van der Waals surface area contributed by atoms with Gasteiger partial charge in [-0.15, -0.1) is 5.06 Å². The summed E-state index contributed by atoms with van der Waals surface area (Å²) >= 11 is 0. The molecule has 2 rings (SSSR count). The van der Waals surface area contributed by atoms with Crippen molar-refractivity contribution in [1.82, 2.24) is 5.06 Å². The van der Waals surface area contributed by atoms with Crippen LogP contribution in [-0.4, -0.2) is 22.8 Å². The molecular formula is C18H23NO4. The molecule has 1 unspecified atom stereocenters. The minimum absolute atomic E-state index is 0.0200. The average molecular weight is 317 g/mol. The molecule has 0 aromatic heterocycles. The van der Waals surface area contributed by atoms with E-state index in [4.69, 9.17) is 4.84 Å². The van der Waals surface area contributed by atoms with Gasteiger partial charge in [0.2, 0.25) is 0 Å². The summed E-state index contributed by atoms with van der Waals surface area (Å²) in [5, 5.41) is 0.663. The summed E-state index contributed by atoms with van der Waals surface area (Å²) in [5.74, 6) is -1.50. The van der Waals surface area contributed by atoms with Gasteiger partial charge in [0.05, 0.1) is 10.8 Å². The molecule has 1 saturated heterocycles. The molecule has 1 aromatic rings. The van der Waals surface area contributed by atoms with Crippen LogP contribution in [-0.2, 0) is 24.6 Å². The van der Waals surface area contributed by atoms with Gasteiger partial charge in [-0.05, 0) is 32.3 Å². The molecule has 0 radical (unpaired) electrons. The molecule has 0 saturated carbocycles. The first-order chi connectivity index (χ1) is 10.8. The van der Waals surface area contributed by atoms with Crippen molar-refractivity contribution in [3.8, 4) is 0 Å². The number of imide groups is 1. The van der Waals surface area contributed by atoms with E-state index >= 15 is 0 Å². The van der Waals surface area contributed by atoms with Crippen molar-refractivity contribution in [1.29, 1.82) is 0 Å². The first-order valence-corrected chi connectivity index (χ1v) is 7.94. The Balaban J connectivity index is 2.31. The summed E-state index contributed by atoms with van der Waals surface area (Å²) in [5.41, 5.74) is -0.922. The second-order valence-electron chi connectivity index (χ2n) is 6.59. The summed E-state index contributed by atoms with van der Waals surface area (Å²) in [7, 11) is 0. The summed E-state index contributed by atoms with van der Waals surface area (Å²) in [4.78, 5) is 42.5. The number of carbonyl (C=O) groups excluding carboxylic acids is 3. The van der Waals surface area contributed by atoms with Crippen LogP contribution >= 0.6 is 0 Å². The van der Waals surface area contributed by atoms with Crippen LogP contribution in [0.1, 0.15) is 52.5 Å². The average Bonchev–Trinajstić information content (AvgIpc) is 2.80. The van der Waals surface area contributed by atoms with Gasteiger partial charge in [0.25, 0.3) is 11.8 Å². The summed E-state index contributed by atoms with van der Waals surface area (Å²) < 4.78 is 0. The monoisotopic (exact) mass is 317 g/mol. The molecule has 0 aliphatic carbocycles. The molecule has 0 bridgehead atoms. The number of hydrogen-bond acceptors (Lipinski definition) is 4. The fourth-order valence-electron chi connectivity index (χ4n) is 2.62. The number of benzene rings is 1. The van der Waals surface area contributed by atoms with E-state index in [1.807, 2.05) is 44.2 Å². The molecule has 5 heteroatoms. The van der Waals surface area contributed by atoms with Gasteiger partial charge in [0.15, 0.2) is 0 Å². The normalized spacial score (nSPS) is 21.7. The van der Waals surface area contributed by atoms with E-state index in [-0.39, 0.29) is 6.42 Å². The molecule has 1 fully saturated rings. The van der Waals surface area contributed by atoms with E-state index < -0.39 is 28.6 Å². The highest BCUT2D eigenvalue weighted by Gasteiger charge is 2.54. The van der Waals surface area contributed by atoms with Crippen molar-refractivity contribution in [3.63, 3.8) is 0 Å². The summed E-state index contributed by atoms with van der Waals surface area (Å²) in [6, 6.07) is 9.18. The molecule has 23 heavy (non-hydrogen) atoms. The third-order valence-corrected chi connectivity index (χ3v) is 4.81. The van der Waals surface area contributed by atoms with Gasteiger partial charge in [-0.25, -0.2) is 4.79 Å². The van der Waals surface area contributed by atoms with Crippen molar-refractivity contribution in [3.05, 3.63) is 35.9 Å². The Morgan fingerprint density at radius 3 is 2.35 bits per heavy atom. The van der Waals surface area contributed by atoms with E-state index in [1.165, 1.54) is 0 Å². The lowest BCUT2D eigenvalue weighted by Gasteiger charge is -2.26. The standard InChI is InChI=1S/C18H23NO4/c1-5-17(3,4)16(22)23-19-14(20)12-18(6-2,15(19)21)13-10-8-7-9-11-13/h7-11H,5-6,12H2,1-4H3. The molecular weight excluding hydrogens is 294 g/mol. The number of hydroxylamine groups is 2. The second-order valence-corrected chi connectivity index (χ2v) is 6.59. The van der Waals surface area contributed by atoms with Gasteiger partial charge in [0.1, 0.15) is 0 Å². The van der Waals surface area contributed by atoms with Crippen molar-refractivity contribution < 1.29 is 19.2 Å². The zero-order valence-corrected chi connectivity index (χ0v) is 14.1. The minimum atomic E-state index is -0.949. The van der Waals surface area contributed by atoms with Crippen molar-refractivity contribution in [2.75, 3.05) is 0 Å². The Bertz CT molecular complexity index is 623. The number of rotatable bonds is 5. The smallest absolute Gasteiger partial charge is 0.330 e. The van der Waals surface area contributed by atoms with Crippen LogP contribution in [0.5, 0.6) is 0 Å². The van der Waals surface area contributed by atoms with Crippen LogP contribution in [0.2, 0.25) is 0 Å². The van der Waals surface area contributed by atoms with E-state index in [9.17, 15) is 14.4 Å².